The first-order valence-corrected chi connectivity index (χ1v) is 20.5. The molecule has 218 valence electrons. The van der Waals surface area contributed by atoms with Gasteiger partial charge in [-0.25, -0.2) is 4.98 Å². The van der Waals surface area contributed by atoms with Crippen molar-refractivity contribution in [2.24, 2.45) is 0 Å². The molecule has 7 aromatic rings. The first kappa shape index (κ1) is 27.6. The lowest BCUT2D eigenvalue weighted by molar-refractivity contribution is 0.412. The molecule has 0 spiro atoms. The zero-order valence-corrected chi connectivity index (χ0v) is 27.7. The van der Waals surface area contributed by atoms with Gasteiger partial charge in [-0.1, -0.05) is 154 Å². The van der Waals surface area contributed by atoms with Crippen LogP contribution in [0.5, 0.6) is 5.75 Å². The molecule has 1 N–H and O–H groups in total. The van der Waals surface area contributed by atoms with Gasteiger partial charge >= 0.3 is 0 Å². The van der Waals surface area contributed by atoms with Crippen molar-refractivity contribution < 1.29 is 4.74 Å². The van der Waals surface area contributed by atoms with Crippen molar-refractivity contribution in [3.8, 4) is 16.9 Å². The molecule has 0 atom stereocenters. The first-order chi connectivity index (χ1) is 22.1. The van der Waals surface area contributed by atoms with E-state index in [1.807, 2.05) is 6.33 Å². The van der Waals surface area contributed by atoms with Crippen LogP contribution in [0, 0.1) is 13.8 Å². The molecular formula is C40H34N2OSi2. The highest BCUT2D eigenvalue weighted by atomic mass is 29.3. The number of hydrogen-bond donors (Lipinski definition) is 1. The van der Waals surface area contributed by atoms with E-state index in [0.29, 0.717) is 0 Å². The normalized spacial score (nSPS) is 14.5. The van der Waals surface area contributed by atoms with Gasteiger partial charge in [0, 0.05) is 5.56 Å². The van der Waals surface area contributed by atoms with E-state index in [2.05, 4.69) is 158 Å². The first-order valence-electron chi connectivity index (χ1n) is 15.5. The molecule has 5 heteroatoms. The average molecular weight is 615 g/mol. The Kier molecular flexibility index (Phi) is 6.48. The number of fused-ring (bicyclic) bond motifs is 5. The summed E-state index contributed by atoms with van der Waals surface area (Å²) in [6, 6.07) is 53.0. The molecule has 0 fully saturated rings. The Morgan fingerprint density at radius 3 is 1.47 bits per heavy atom. The van der Waals surface area contributed by atoms with Crippen molar-refractivity contribution in [2.75, 3.05) is 7.11 Å². The number of benzene rings is 6. The second kappa shape index (κ2) is 10.6. The number of aromatic amines is 1. The fourth-order valence-electron chi connectivity index (χ4n) is 8.25. The molecule has 6 aromatic carbocycles. The van der Waals surface area contributed by atoms with Gasteiger partial charge in [-0.05, 0) is 47.0 Å². The van der Waals surface area contributed by atoms with Crippen molar-refractivity contribution in [3.63, 3.8) is 0 Å². The molecule has 0 saturated carbocycles. The molecule has 45 heavy (non-hydrogen) atoms. The molecule has 0 bridgehead atoms. The molecule has 1 aliphatic heterocycles. The van der Waals surface area contributed by atoms with Gasteiger partial charge in [0.25, 0.3) is 0 Å². The maximum atomic E-state index is 6.05. The number of nitrogens with one attached hydrogen (secondary N) is 1. The van der Waals surface area contributed by atoms with E-state index >= 15 is 0 Å². The second-order valence-electron chi connectivity index (χ2n) is 12.1. The van der Waals surface area contributed by atoms with Gasteiger partial charge < -0.3 is 9.72 Å². The minimum Gasteiger partial charge on any atom is -0.496 e. The predicted octanol–water partition coefficient (Wildman–Crippen LogP) is 4.89. The summed E-state index contributed by atoms with van der Waals surface area (Å²) in [6.07, 6.45) is 1.85. The number of methoxy groups -OCH3 is 1. The number of imidazole rings is 1. The fraction of sp³-hybridized carbons (Fsp3) is 0.0750. The lowest BCUT2D eigenvalue weighted by Gasteiger charge is -2.54. The maximum Gasteiger partial charge on any atom is 0.155 e. The van der Waals surface area contributed by atoms with Gasteiger partial charge in [0.15, 0.2) is 15.2 Å². The van der Waals surface area contributed by atoms with Crippen LogP contribution in [-0.2, 0) is 0 Å². The molecule has 1 aromatic heterocycles. The summed E-state index contributed by atoms with van der Waals surface area (Å²) in [4.78, 5) is 8.46. The van der Waals surface area contributed by atoms with E-state index in [0.717, 1.165) is 22.3 Å². The molecule has 0 unspecified atom stereocenters. The largest absolute Gasteiger partial charge is 0.496 e. The molecule has 0 amide bonds. The number of ether oxygens (including phenoxy) is 1. The summed E-state index contributed by atoms with van der Waals surface area (Å²) in [7, 11) is -4.18. The van der Waals surface area contributed by atoms with Crippen LogP contribution in [0.4, 0.5) is 0 Å². The van der Waals surface area contributed by atoms with Gasteiger partial charge in [0.1, 0.15) is 5.75 Å². The summed E-state index contributed by atoms with van der Waals surface area (Å²) in [5, 5.41) is 8.57. The average Bonchev–Trinajstić information content (AvgIpc) is 3.60. The van der Waals surface area contributed by atoms with E-state index < -0.39 is 15.2 Å². The van der Waals surface area contributed by atoms with Crippen molar-refractivity contribution in [1.29, 1.82) is 0 Å². The van der Waals surface area contributed by atoms with Crippen LogP contribution in [0.3, 0.4) is 0 Å². The minimum absolute atomic E-state index is 0.908. The highest BCUT2D eigenvalue weighted by Crippen LogP contribution is 2.39. The maximum absolute atomic E-state index is 6.05. The molecule has 3 nitrogen and oxygen atoms in total. The SMILES string of the molecule is COc1cc2c(cc1C)[Si](c1ccccc1)(c1ccccc1)[Si](c1ccccc1)(c1ccccc1)c1cc(C)c3nc[nH]c3c1-2. The van der Waals surface area contributed by atoms with Crippen LogP contribution in [0.15, 0.2) is 146 Å². The smallest absolute Gasteiger partial charge is 0.155 e. The Morgan fingerprint density at radius 1 is 0.556 bits per heavy atom. The third kappa shape index (κ3) is 3.71. The zero-order chi connectivity index (χ0) is 30.6. The van der Waals surface area contributed by atoms with Gasteiger partial charge in [0.05, 0.1) is 24.5 Å². The molecule has 1 aliphatic rings. The van der Waals surface area contributed by atoms with Crippen LogP contribution >= 0.6 is 0 Å². The van der Waals surface area contributed by atoms with Gasteiger partial charge in [-0.15, -0.1) is 0 Å². The topological polar surface area (TPSA) is 37.9 Å². The van der Waals surface area contributed by atoms with Crippen molar-refractivity contribution >= 4 is 57.3 Å². The molecule has 2 heterocycles. The van der Waals surface area contributed by atoms with Gasteiger partial charge in [-0.3, -0.25) is 0 Å². The summed E-state index contributed by atoms with van der Waals surface area (Å²) < 4.78 is 6.05. The highest BCUT2D eigenvalue weighted by molar-refractivity contribution is 7.68. The lowest BCUT2D eigenvalue weighted by Crippen LogP contribution is -2.95. The number of aromatic nitrogens is 2. The number of aryl methyl sites for hydroxylation is 2. The molecule has 0 aliphatic carbocycles. The fourth-order valence-corrected chi connectivity index (χ4v) is 28.4. The van der Waals surface area contributed by atoms with Crippen LogP contribution in [0.1, 0.15) is 11.1 Å². The number of H-pyrrole nitrogens is 1. The Balaban J connectivity index is 1.75. The van der Waals surface area contributed by atoms with Crippen LogP contribution < -0.4 is 35.9 Å². The lowest BCUT2D eigenvalue weighted by atomic mass is 9.99. The Hall–Kier alpha value is -4.98. The van der Waals surface area contributed by atoms with Crippen LogP contribution in [0.25, 0.3) is 22.2 Å². The summed E-state index contributed by atoms with van der Waals surface area (Å²) in [5.74, 6) is 0.908. The van der Waals surface area contributed by atoms with E-state index in [1.165, 1.54) is 47.8 Å². The van der Waals surface area contributed by atoms with Crippen molar-refractivity contribution in [1.82, 2.24) is 9.97 Å². The number of rotatable bonds is 5. The predicted molar refractivity (Wildman–Crippen MR) is 193 cm³/mol. The third-order valence-electron chi connectivity index (χ3n) is 9.90. The number of hydrogen-bond acceptors (Lipinski definition) is 2. The van der Waals surface area contributed by atoms with Crippen LogP contribution in [0.2, 0.25) is 0 Å². The van der Waals surface area contributed by atoms with E-state index in [9.17, 15) is 0 Å². The van der Waals surface area contributed by atoms with E-state index in [4.69, 9.17) is 9.72 Å². The minimum atomic E-state index is -2.99. The highest BCUT2D eigenvalue weighted by Gasteiger charge is 2.65. The molecule has 0 radical (unpaired) electrons. The molecule has 8 rings (SSSR count). The molecular weight excluding hydrogens is 581 g/mol. The van der Waals surface area contributed by atoms with Gasteiger partial charge in [-0.2, -0.15) is 0 Å². The Bertz CT molecular complexity index is 2080. The van der Waals surface area contributed by atoms with Crippen molar-refractivity contribution in [2.45, 2.75) is 13.8 Å². The molecule has 0 saturated heterocycles. The van der Waals surface area contributed by atoms with Crippen LogP contribution in [-0.4, -0.2) is 32.3 Å². The Morgan fingerprint density at radius 2 is 1.00 bits per heavy atom. The monoisotopic (exact) mass is 614 g/mol. The second-order valence-corrected chi connectivity index (χ2v) is 23.0. The van der Waals surface area contributed by atoms with Crippen molar-refractivity contribution in [3.05, 3.63) is 157 Å². The summed E-state index contributed by atoms with van der Waals surface area (Å²) >= 11 is 0. The Labute approximate surface area is 266 Å². The number of nitrogens with zero attached hydrogens (tertiary/aromatic N) is 1. The zero-order valence-electron chi connectivity index (χ0n) is 25.7. The van der Waals surface area contributed by atoms with Gasteiger partial charge in [0.2, 0.25) is 0 Å². The third-order valence-corrected chi connectivity index (χ3v) is 26.7. The standard InChI is InChI=1S/C40H34N2OSi2/c1-28-24-36-34(26-35(28)43-3)38-37(25-29(2)39-40(38)42-27-41-39)45(32-20-12-6-13-21-32,33-22-14-7-15-23-33)44(36,30-16-8-4-9-17-30)31-18-10-5-11-19-31/h4-27H,1-3H3,(H,41,42). The summed E-state index contributed by atoms with van der Waals surface area (Å²) in [5.41, 5.74) is 6.98. The quantitative estimate of drug-likeness (QED) is 0.281. The van der Waals surface area contributed by atoms with E-state index in [1.54, 1.807) is 7.11 Å². The van der Waals surface area contributed by atoms with E-state index in [-0.39, 0.29) is 0 Å². The summed E-state index contributed by atoms with van der Waals surface area (Å²) in [6.45, 7) is 4.41.